The van der Waals surface area contributed by atoms with Gasteiger partial charge in [0, 0.05) is 18.6 Å². The van der Waals surface area contributed by atoms with Gasteiger partial charge in [0.2, 0.25) is 5.79 Å². The monoisotopic (exact) mass is 294 g/mol. The first kappa shape index (κ1) is 14.9. The molecule has 0 bridgehead atoms. The van der Waals surface area contributed by atoms with E-state index in [2.05, 4.69) is 0 Å². The van der Waals surface area contributed by atoms with Crippen LogP contribution >= 0.6 is 0 Å². The molecular weight excluding hydrogens is 272 g/mol. The molecule has 116 valence electrons. The molecule has 0 amide bonds. The molecule has 4 atom stereocenters. The van der Waals surface area contributed by atoms with Gasteiger partial charge in [-0.15, -0.1) is 0 Å². The van der Waals surface area contributed by atoms with Crippen LogP contribution in [0.5, 0.6) is 0 Å². The molecule has 21 heavy (non-hydrogen) atoms. The summed E-state index contributed by atoms with van der Waals surface area (Å²) in [4.78, 5) is 0. The predicted octanol–water partition coefficient (Wildman–Crippen LogP) is 0.695. The smallest absolute Gasteiger partial charge is 0.224 e. The Balaban J connectivity index is 2.03. The van der Waals surface area contributed by atoms with Crippen molar-refractivity contribution in [2.75, 3.05) is 13.2 Å². The fraction of sp³-hybridized carbons (Fsp3) is 0.625. The van der Waals surface area contributed by atoms with Gasteiger partial charge in [-0.05, 0) is 24.8 Å². The zero-order valence-electron chi connectivity index (χ0n) is 11.9. The third-order valence-electron chi connectivity index (χ3n) is 4.35. The van der Waals surface area contributed by atoms with Crippen LogP contribution in [0.1, 0.15) is 30.4 Å². The maximum absolute atomic E-state index is 10.5. The van der Waals surface area contributed by atoms with Crippen LogP contribution in [0.25, 0.3) is 0 Å². The Bertz CT molecular complexity index is 491. The maximum atomic E-state index is 10.5. The van der Waals surface area contributed by atoms with E-state index < -0.39 is 18.0 Å². The van der Waals surface area contributed by atoms with E-state index in [4.69, 9.17) is 14.6 Å². The van der Waals surface area contributed by atoms with Crippen LogP contribution in [0, 0.1) is 0 Å². The summed E-state index contributed by atoms with van der Waals surface area (Å²) in [7, 11) is 0. The lowest BCUT2D eigenvalue weighted by atomic mass is 9.86. The molecule has 1 fully saturated rings. The van der Waals surface area contributed by atoms with Gasteiger partial charge < -0.3 is 24.8 Å². The minimum atomic E-state index is -1.33. The lowest BCUT2D eigenvalue weighted by Crippen LogP contribution is -2.57. The largest absolute Gasteiger partial charge is 0.396 e. The van der Waals surface area contributed by atoms with E-state index in [-0.39, 0.29) is 12.7 Å². The molecule has 5 heteroatoms. The van der Waals surface area contributed by atoms with Gasteiger partial charge in [-0.3, -0.25) is 0 Å². The molecule has 1 aromatic rings. The fourth-order valence-electron chi connectivity index (χ4n) is 3.32. The zero-order valence-corrected chi connectivity index (χ0v) is 11.9. The highest BCUT2D eigenvalue weighted by molar-refractivity contribution is 5.34. The molecule has 5 nitrogen and oxygen atoms in total. The molecule has 0 radical (unpaired) electrons. The van der Waals surface area contributed by atoms with Gasteiger partial charge in [0.15, 0.2) is 0 Å². The van der Waals surface area contributed by atoms with Crippen LogP contribution in [-0.2, 0) is 21.7 Å². The first-order valence-electron chi connectivity index (χ1n) is 7.54. The minimum absolute atomic E-state index is 0.0226. The highest BCUT2D eigenvalue weighted by atomic mass is 16.7. The number of fused-ring (bicyclic) bond motifs is 2. The summed E-state index contributed by atoms with van der Waals surface area (Å²) in [6.45, 7) is 0.440. The van der Waals surface area contributed by atoms with Crippen molar-refractivity contribution >= 4 is 0 Å². The van der Waals surface area contributed by atoms with Gasteiger partial charge in [-0.2, -0.15) is 0 Å². The number of hydrogen-bond acceptors (Lipinski definition) is 5. The number of aliphatic hydroxyl groups is 3. The number of aryl methyl sites for hydroxylation is 1. The molecule has 0 unspecified atom stereocenters. The van der Waals surface area contributed by atoms with Crippen LogP contribution in [-0.4, -0.2) is 46.8 Å². The van der Waals surface area contributed by atoms with Gasteiger partial charge >= 0.3 is 0 Å². The van der Waals surface area contributed by atoms with E-state index in [0.29, 0.717) is 19.4 Å². The van der Waals surface area contributed by atoms with Crippen LogP contribution in [0.2, 0.25) is 0 Å². The van der Waals surface area contributed by atoms with Crippen molar-refractivity contribution in [1.82, 2.24) is 0 Å². The summed E-state index contributed by atoms with van der Waals surface area (Å²) in [6.07, 6.45) is 0.0175. The molecule has 2 aliphatic rings. The summed E-state index contributed by atoms with van der Waals surface area (Å²) in [5.74, 6) is -1.33. The molecule has 3 N–H and O–H groups in total. The Kier molecular flexibility index (Phi) is 4.28. The Morgan fingerprint density at radius 1 is 1.24 bits per heavy atom. The van der Waals surface area contributed by atoms with Crippen LogP contribution in [0.15, 0.2) is 24.3 Å². The van der Waals surface area contributed by atoms with E-state index >= 15 is 0 Å². The normalized spacial score (nSPS) is 36.2. The summed E-state index contributed by atoms with van der Waals surface area (Å²) in [5.41, 5.74) is 1.86. The number of rotatable bonds is 2. The average Bonchev–Trinajstić information content (AvgIpc) is 2.66. The highest BCUT2D eigenvalue weighted by Gasteiger charge is 2.52. The Morgan fingerprint density at radius 2 is 2.05 bits per heavy atom. The Morgan fingerprint density at radius 3 is 2.86 bits per heavy atom. The van der Waals surface area contributed by atoms with Crippen molar-refractivity contribution in [3.8, 4) is 0 Å². The standard InChI is InChI=1S/C16H22O5/c17-8-7-12-10-14(18)15(19)16(21-12)13-6-2-1-4-11(13)5-3-9-20-16/h1-2,4,6,12,14-15,17-19H,3,5,7-10H2/t12-,14+,15-,16+/m0/s1. The minimum Gasteiger partial charge on any atom is -0.396 e. The van der Waals surface area contributed by atoms with Crippen LogP contribution in [0.3, 0.4) is 0 Å². The van der Waals surface area contributed by atoms with Gasteiger partial charge in [0.25, 0.3) is 0 Å². The lowest BCUT2D eigenvalue weighted by molar-refractivity contribution is -0.350. The van der Waals surface area contributed by atoms with Crippen molar-refractivity contribution in [2.45, 2.75) is 49.8 Å². The van der Waals surface area contributed by atoms with Crippen molar-refractivity contribution in [3.63, 3.8) is 0 Å². The third kappa shape index (κ3) is 2.60. The molecule has 1 saturated heterocycles. The first-order chi connectivity index (χ1) is 10.2. The number of ether oxygens (including phenoxy) is 2. The zero-order chi connectivity index (χ0) is 14.9. The fourth-order valence-corrected chi connectivity index (χ4v) is 3.32. The lowest BCUT2D eigenvalue weighted by Gasteiger charge is -2.46. The SMILES string of the molecule is OCC[C@H]1C[C@@H](O)[C@H](O)[C@]2(OCCCc3ccccc32)O1. The molecule has 2 heterocycles. The Hall–Kier alpha value is -0.980. The second-order valence-electron chi connectivity index (χ2n) is 5.78. The number of aliphatic hydroxyl groups excluding tert-OH is 3. The van der Waals surface area contributed by atoms with Gasteiger partial charge in [-0.25, -0.2) is 0 Å². The summed E-state index contributed by atoms with van der Waals surface area (Å²) in [6, 6.07) is 7.73. The van der Waals surface area contributed by atoms with E-state index in [1.165, 1.54) is 0 Å². The average molecular weight is 294 g/mol. The van der Waals surface area contributed by atoms with Crippen LogP contribution < -0.4 is 0 Å². The molecule has 1 aromatic carbocycles. The van der Waals surface area contributed by atoms with Gasteiger partial charge in [0.1, 0.15) is 6.10 Å². The summed E-state index contributed by atoms with van der Waals surface area (Å²) in [5, 5.41) is 29.9. The van der Waals surface area contributed by atoms with Gasteiger partial charge in [0.05, 0.1) is 18.8 Å². The second-order valence-corrected chi connectivity index (χ2v) is 5.78. The molecule has 0 saturated carbocycles. The van der Waals surface area contributed by atoms with Gasteiger partial charge in [-0.1, -0.05) is 24.3 Å². The topological polar surface area (TPSA) is 79.2 Å². The molecule has 0 aliphatic carbocycles. The second kappa shape index (κ2) is 6.02. The van der Waals surface area contributed by atoms with Crippen molar-refractivity contribution in [1.29, 1.82) is 0 Å². The molecular formula is C16H22O5. The quantitative estimate of drug-likeness (QED) is 0.748. The molecule has 3 rings (SSSR count). The van der Waals surface area contributed by atoms with E-state index in [9.17, 15) is 10.2 Å². The highest BCUT2D eigenvalue weighted by Crippen LogP contribution is 2.43. The van der Waals surface area contributed by atoms with E-state index in [0.717, 1.165) is 24.0 Å². The van der Waals surface area contributed by atoms with Crippen molar-refractivity contribution < 1.29 is 24.8 Å². The number of benzene rings is 1. The molecule has 0 aromatic heterocycles. The molecule has 1 spiro atoms. The van der Waals surface area contributed by atoms with E-state index in [1.807, 2.05) is 24.3 Å². The summed E-state index contributed by atoms with van der Waals surface area (Å²) >= 11 is 0. The van der Waals surface area contributed by atoms with Crippen molar-refractivity contribution in [3.05, 3.63) is 35.4 Å². The van der Waals surface area contributed by atoms with E-state index in [1.54, 1.807) is 0 Å². The van der Waals surface area contributed by atoms with Crippen LogP contribution in [0.4, 0.5) is 0 Å². The molecule has 2 aliphatic heterocycles. The maximum Gasteiger partial charge on any atom is 0.224 e. The summed E-state index contributed by atoms with van der Waals surface area (Å²) < 4.78 is 12.0. The van der Waals surface area contributed by atoms with Crippen molar-refractivity contribution in [2.24, 2.45) is 0 Å². The predicted molar refractivity (Wildman–Crippen MR) is 75.6 cm³/mol. The first-order valence-corrected chi connectivity index (χ1v) is 7.54. The third-order valence-corrected chi connectivity index (χ3v) is 4.35. The number of hydrogen-bond donors (Lipinski definition) is 3. The Labute approximate surface area is 124 Å².